The SMILES string of the molecule is CNc1cc(Nc2cccn([C@H]3CCCOC3)c2=O)nc2c(C(=O)N[C@H]3[C@@H]4COC[C@@H]43)cnn12. The molecular formula is C23H27N7O4. The number of pyridine rings is 1. The molecule has 34 heavy (non-hydrogen) atoms. The van der Waals surface area contributed by atoms with Gasteiger partial charge in [-0.15, -0.1) is 0 Å². The molecule has 0 spiro atoms. The molecule has 2 saturated heterocycles. The Morgan fingerprint density at radius 3 is 2.82 bits per heavy atom. The molecule has 1 aliphatic carbocycles. The normalized spacial score (nSPS) is 25.7. The summed E-state index contributed by atoms with van der Waals surface area (Å²) >= 11 is 0. The minimum Gasteiger partial charge on any atom is -0.381 e. The van der Waals surface area contributed by atoms with Crippen LogP contribution in [0.4, 0.5) is 17.3 Å². The minimum atomic E-state index is -0.208. The topological polar surface area (TPSA) is 124 Å². The average molecular weight is 466 g/mol. The summed E-state index contributed by atoms with van der Waals surface area (Å²) in [7, 11) is 1.77. The fourth-order valence-corrected chi connectivity index (χ4v) is 5.02. The number of anilines is 3. The van der Waals surface area contributed by atoms with Gasteiger partial charge in [-0.1, -0.05) is 0 Å². The van der Waals surface area contributed by atoms with Gasteiger partial charge in [-0.25, -0.2) is 4.98 Å². The Labute approximate surface area is 195 Å². The lowest BCUT2D eigenvalue weighted by Crippen LogP contribution is -2.31. The molecule has 2 aliphatic heterocycles. The number of rotatable bonds is 6. The zero-order valence-electron chi connectivity index (χ0n) is 18.9. The van der Waals surface area contributed by atoms with Crippen LogP contribution < -0.4 is 21.5 Å². The van der Waals surface area contributed by atoms with Crippen molar-refractivity contribution in [1.29, 1.82) is 0 Å². The van der Waals surface area contributed by atoms with Gasteiger partial charge in [0.2, 0.25) is 0 Å². The van der Waals surface area contributed by atoms with Crippen LogP contribution in [0, 0.1) is 11.8 Å². The monoisotopic (exact) mass is 465 g/mol. The second kappa shape index (κ2) is 8.41. The van der Waals surface area contributed by atoms with Gasteiger partial charge in [0.05, 0.1) is 32.1 Å². The standard InChI is InChI=1S/C23H27N7O4/c1-24-19-8-18(26-17-5-2-6-29(23(17)32)13-4-3-7-33-10-13)27-21-14(9-25-30(19)21)22(31)28-20-15-11-34-12-16(15)20/h2,5-6,8-9,13,15-16,20,24H,3-4,7,10-12H2,1H3,(H,26,27)(H,28,31)/t13-,15-,16+,20+/m0/s1. The van der Waals surface area contributed by atoms with Crippen molar-refractivity contribution < 1.29 is 14.3 Å². The lowest BCUT2D eigenvalue weighted by Gasteiger charge is -2.24. The van der Waals surface area contributed by atoms with Crippen molar-refractivity contribution in [3.05, 3.63) is 46.5 Å². The van der Waals surface area contributed by atoms with Gasteiger partial charge in [-0.2, -0.15) is 9.61 Å². The van der Waals surface area contributed by atoms with E-state index in [0.29, 0.717) is 60.2 Å². The molecule has 3 aromatic heterocycles. The molecule has 0 unspecified atom stereocenters. The van der Waals surface area contributed by atoms with Crippen molar-refractivity contribution >= 4 is 28.9 Å². The highest BCUT2D eigenvalue weighted by atomic mass is 16.5. The van der Waals surface area contributed by atoms with Gasteiger partial charge in [0, 0.05) is 43.8 Å². The van der Waals surface area contributed by atoms with Gasteiger partial charge in [-0.3, -0.25) is 9.59 Å². The molecule has 178 valence electrons. The van der Waals surface area contributed by atoms with Crippen molar-refractivity contribution in [2.45, 2.75) is 24.9 Å². The number of carbonyl (C=O) groups excluding carboxylic acids is 1. The first-order chi connectivity index (χ1) is 16.6. The minimum absolute atomic E-state index is 0.0174. The highest BCUT2D eigenvalue weighted by Crippen LogP contribution is 2.44. The zero-order valence-corrected chi connectivity index (χ0v) is 18.9. The lowest BCUT2D eigenvalue weighted by atomic mass is 10.1. The second-order valence-electron chi connectivity index (χ2n) is 9.06. The Morgan fingerprint density at radius 2 is 2.06 bits per heavy atom. The van der Waals surface area contributed by atoms with E-state index in [1.807, 2.05) is 6.07 Å². The van der Waals surface area contributed by atoms with Crippen molar-refractivity contribution in [3.63, 3.8) is 0 Å². The van der Waals surface area contributed by atoms with Crippen LogP contribution in [0.25, 0.3) is 5.65 Å². The molecule has 3 fully saturated rings. The van der Waals surface area contributed by atoms with Crippen LogP contribution in [0.5, 0.6) is 0 Å². The summed E-state index contributed by atoms with van der Waals surface area (Å²) in [6.45, 7) is 2.65. The van der Waals surface area contributed by atoms with Crippen molar-refractivity contribution in [1.82, 2.24) is 24.5 Å². The largest absolute Gasteiger partial charge is 0.381 e. The van der Waals surface area contributed by atoms with Gasteiger partial charge in [0.25, 0.3) is 11.5 Å². The molecule has 11 nitrogen and oxygen atoms in total. The molecule has 5 heterocycles. The smallest absolute Gasteiger partial charge is 0.274 e. The summed E-state index contributed by atoms with van der Waals surface area (Å²) in [4.78, 5) is 30.8. The molecule has 3 aliphatic rings. The van der Waals surface area contributed by atoms with Crippen LogP contribution in [-0.4, -0.2) is 64.6 Å². The third-order valence-corrected chi connectivity index (χ3v) is 6.99. The predicted molar refractivity (Wildman–Crippen MR) is 125 cm³/mol. The van der Waals surface area contributed by atoms with Gasteiger partial charge in [0.1, 0.15) is 22.9 Å². The van der Waals surface area contributed by atoms with E-state index in [0.717, 1.165) is 19.4 Å². The molecule has 0 bridgehead atoms. The van der Waals surface area contributed by atoms with Crippen LogP contribution in [-0.2, 0) is 9.47 Å². The number of nitrogens with zero attached hydrogens (tertiary/aromatic N) is 4. The third kappa shape index (κ3) is 3.61. The van der Waals surface area contributed by atoms with Crippen molar-refractivity contribution in [2.75, 3.05) is 44.1 Å². The summed E-state index contributed by atoms with van der Waals surface area (Å²) in [5.41, 5.74) is 1.06. The number of fused-ring (bicyclic) bond motifs is 2. The van der Waals surface area contributed by atoms with Gasteiger partial charge in [0.15, 0.2) is 5.65 Å². The van der Waals surface area contributed by atoms with E-state index in [1.54, 1.807) is 34.5 Å². The quantitative estimate of drug-likeness (QED) is 0.499. The predicted octanol–water partition coefficient (Wildman–Crippen LogP) is 1.40. The van der Waals surface area contributed by atoms with E-state index < -0.39 is 0 Å². The summed E-state index contributed by atoms with van der Waals surface area (Å²) in [6, 6.07) is 5.48. The number of carbonyl (C=O) groups is 1. The third-order valence-electron chi connectivity index (χ3n) is 6.99. The first-order valence-electron chi connectivity index (χ1n) is 11.6. The molecule has 4 atom stereocenters. The first kappa shape index (κ1) is 21.1. The maximum atomic E-state index is 13.1. The van der Waals surface area contributed by atoms with Crippen molar-refractivity contribution in [2.24, 2.45) is 11.8 Å². The van der Waals surface area contributed by atoms with Crippen LogP contribution in [0.3, 0.4) is 0 Å². The summed E-state index contributed by atoms with van der Waals surface area (Å²) < 4.78 is 14.3. The second-order valence-corrected chi connectivity index (χ2v) is 9.06. The number of ether oxygens (including phenoxy) is 2. The number of hydrogen-bond acceptors (Lipinski definition) is 8. The number of nitrogens with one attached hydrogen (secondary N) is 3. The van der Waals surface area contributed by atoms with E-state index >= 15 is 0 Å². The maximum absolute atomic E-state index is 13.1. The molecule has 0 radical (unpaired) electrons. The van der Waals surface area contributed by atoms with Gasteiger partial charge < -0.3 is 30.0 Å². The van der Waals surface area contributed by atoms with Crippen LogP contribution in [0.1, 0.15) is 29.2 Å². The molecule has 3 N–H and O–H groups in total. The highest BCUT2D eigenvalue weighted by molar-refractivity contribution is 6.00. The summed E-state index contributed by atoms with van der Waals surface area (Å²) in [5.74, 6) is 1.68. The fraction of sp³-hybridized carbons (Fsp3) is 0.478. The molecule has 0 aromatic carbocycles. The number of amides is 1. The van der Waals surface area contributed by atoms with Crippen LogP contribution in [0.15, 0.2) is 35.4 Å². The average Bonchev–Trinajstić information content (AvgIpc) is 3.22. The molecule has 3 aromatic rings. The molecule has 1 saturated carbocycles. The number of hydrogen-bond donors (Lipinski definition) is 3. The van der Waals surface area contributed by atoms with Gasteiger partial charge >= 0.3 is 0 Å². The number of aromatic nitrogens is 4. The van der Waals surface area contributed by atoms with E-state index in [-0.39, 0.29) is 23.6 Å². The molecule has 1 amide bonds. The molecular weight excluding hydrogens is 438 g/mol. The van der Waals surface area contributed by atoms with E-state index in [2.05, 4.69) is 26.0 Å². The van der Waals surface area contributed by atoms with Crippen LogP contribution >= 0.6 is 0 Å². The van der Waals surface area contributed by atoms with Gasteiger partial charge in [-0.05, 0) is 25.0 Å². The van der Waals surface area contributed by atoms with E-state index in [4.69, 9.17) is 9.47 Å². The highest BCUT2D eigenvalue weighted by Gasteiger charge is 2.54. The van der Waals surface area contributed by atoms with Crippen molar-refractivity contribution in [3.8, 4) is 0 Å². The summed E-state index contributed by atoms with van der Waals surface area (Å²) in [6.07, 6.45) is 5.15. The Balaban J connectivity index is 1.29. The van der Waals surface area contributed by atoms with E-state index in [9.17, 15) is 9.59 Å². The first-order valence-corrected chi connectivity index (χ1v) is 11.6. The summed E-state index contributed by atoms with van der Waals surface area (Å²) in [5, 5.41) is 13.7. The molecule has 6 rings (SSSR count). The Morgan fingerprint density at radius 1 is 1.21 bits per heavy atom. The Bertz CT molecular complexity index is 1290. The van der Waals surface area contributed by atoms with E-state index in [1.165, 1.54) is 6.20 Å². The zero-order chi connectivity index (χ0) is 23.2. The Kier molecular flexibility index (Phi) is 5.22. The van der Waals surface area contributed by atoms with Crippen LogP contribution in [0.2, 0.25) is 0 Å². The maximum Gasteiger partial charge on any atom is 0.274 e. The molecule has 11 heteroatoms. The fourth-order valence-electron chi connectivity index (χ4n) is 5.02. The Hall–Kier alpha value is -3.44. The lowest BCUT2D eigenvalue weighted by molar-refractivity contribution is 0.0581.